The van der Waals surface area contributed by atoms with Crippen molar-refractivity contribution >= 4 is 62.3 Å². The van der Waals surface area contributed by atoms with Crippen LogP contribution in [0.1, 0.15) is 26.3 Å². The topological polar surface area (TPSA) is 93.7 Å². The van der Waals surface area contributed by atoms with Gasteiger partial charge in [-0.1, -0.05) is 55.6 Å². The SMILES string of the molecule is COc1c(NC(=O)OCC(Cl)(Cl)Cl)cc(C(C)(C)C)cc1NS(C)(=O)=O. The van der Waals surface area contributed by atoms with Crippen molar-refractivity contribution in [1.82, 2.24) is 0 Å². The van der Waals surface area contributed by atoms with Gasteiger partial charge in [-0.25, -0.2) is 13.2 Å². The number of benzene rings is 1. The smallest absolute Gasteiger partial charge is 0.411 e. The Balaban J connectivity index is 3.31. The summed E-state index contributed by atoms with van der Waals surface area (Å²) in [5.41, 5.74) is 0.804. The molecule has 1 aromatic rings. The zero-order valence-corrected chi connectivity index (χ0v) is 18.0. The van der Waals surface area contributed by atoms with Gasteiger partial charge in [0.05, 0.1) is 24.7 Å². The van der Waals surface area contributed by atoms with Crippen LogP contribution < -0.4 is 14.8 Å². The molecule has 11 heteroatoms. The maximum Gasteiger partial charge on any atom is 0.411 e. The molecule has 0 aliphatic heterocycles. The zero-order valence-electron chi connectivity index (χ0n) is 14.9. The molecule has 26 heavy (non-hydrogen) atoms. The number of ether oxygens (including phenoxy) is 2. The van der Waals surface area contributed by atoms with Crippen molar-refractivity contribution < 1.29 is 22.7 Å². The van der Waals surface area contributed by atoms with Crippen LogP contribution in [0.5, 0.6) is 5.75 Å². The molecule has 1 aromatic carbocycles. The van der Waals surface area contributed by atoms with Crippen LogP contribution in [0.4, 0.5) is 16.2 Å². The number of methoxy groups -OCH3 is 1. The van der Waals surface area contributed by atoms with Crippen molar-refractivity contribution in [3.05, 3.63) is 17.7 Å². The van der Waals surface area contributed by atoms with Gasteiger partial charge in [-0.3, -0.25) is 10.0 Å². The van der Waals surface area contributed by atoms with E-state index in [-0.39, 0.29) is 22.5 Å². The number of carbonyl (C=O) groups excluding carboxylic acids is 1. The lowest BCUT2D eigenvalue weighted by Gasteiger charge is -2.24. The highest BCUT2D eigenvalue weighted by Crippen LogP contribution is 2.39. The fourth-order valence-corrected chi connectivity index (χ4v) is 2.66. The van der Waals surface area contributed by atoms with Gasteiger partial charge in [0, 0.05) is 0 Å². The number of hydrogen-bond donors (Lipinski definition) is 2. The Bertz CT molecular complexity index is 771. The monoisotopic (exact) mass is 446 g/mol. The minimum atomic E-state index is -3.57. The molecule has 0 fully saturated rings. The molecule has 0 bridgehead atoms. The number of halogens is 3. The van der Waals surface area contributed by atoms with Gasteiger partial charge in [-0.05, 0) is 23.1 Å². The molecule has 0 aromatic heterocycles. The maximum absolute atomic E-state index is 12.0. The molecule has 0 spiro atoms. The summed E-state index contributed by atoms with van der Waals surface area (Å²) in [5, 5.41) is 2.48. The summed E-state index contributed by atoms with van der Waals surface area (Å²) in [4.78, 5) is 12.0. The molecule has 0 unspecified atom stereocenters. The summed E-state index contributed by atoms with van der Waals surface area (Å²) in [6.07, 6.45) is 0.129. The molecule has 1 amide bonds. The summed E-state index contributed by atoms with van der Waals surface area (Å²) in [6.45, 7) is 5.34. The molecule has 0 saturated heterocycles. The molecule has 0 saturated carbocycles. The number of rotatable bonds is 5. The molecule has 1 rings (SSSR count). The van der Waals surface area contributed by atoms with E-state index in [2.05, 4.69) is 10.0 Å². The van der Waals surface area contributed by atoms with Crippen molar-refractivity contribution in [1.29, 1.82) is 0 Å². The first kappa shape index (κ1) is 23.0. The number of anilines is 2. The lowest BCUT2D eigenvalue weighted by molar-refractivity contribution is 0.164. The van der Waals surface area contributed by atoms with E-state index in [4.69, 9.17) is 44.3 Å². The molecule has 2 N–H and O–H groups in total. The van der Waals surface area contributed by atoms with Gasteiger partial charge in [-0.15, -0.1) is 0 Å². The largest absolute Gasteiger partial charge is 0.492 e. The Kier molecular flexibility index (Phi) is 7.32. The molecule has 0 heterocycles. The fraction of sp³-hybridized carbons (Fsp3) is 0.533. The van der Waals surface area contributed by atoms with Crippen molar-refractivity contribution in [2.75, 3.05) is 30.0 Å². The first-order valence-electron chi connectivity index (χ1n) is 7.33. The summed E-state index contributed by atoms with van der Waals surface area (Å²) in [6, 6.07) is 3.29. The van der Waals surface area contributed by atoms with Gasteiger partial charge in [0.2, 0.25) is 13.8 Å². The Morgan fingerprint density at radius 2 is 1.69 bits per heavy atom. The Labute approximate surface area is 168 Å². The molecule has 148 valence electrons. The Morgan fingerprint density at radius 3 is 2.12 bits per heavy atom. The van der Waals surface area contributed by atoms with Crippen LogP contribution in [0.15, 0.2) is 12.1 Å². The molecule has 7 nitrogen and oxygen atoms in total. The predicted octanol–water partition coefficient (Wildman–Crippen LogP) is 4.28. The van der Waals surface area contributed by atoms with Gasteiger partial charge in [0.15, 0.2) is 5.75 Å². The van der Waals surface area contributed by atoms with E-state index in [0.717, 1.165) is 11.8 Å². The first-order valence-corrected chi connectivity index (χ1v) is 10.4. The van der Waals surface area contributed by atoms with Gasteiger partial charge < -0.3 is 9.47 Å². The number of amides is 1. The number of carbonyl (C=O) groups is 1. The average Bonchev–Trinajstić information content (AvgIpc) is 2.41. The van der Waals surface area contributed by atoms with Crippen molar-refractivity contribution in [2.45, 2.75) is 30.0 Å². The van der Waals surface area contributed by atoms with E-state index in [1.54, 1.807) is 12.1 Å². The minimum absolute atomic E-state index is 0.120. The van der Waals surface area contributed by atoms with Crippen LogP contribution in [-0.4, -0.2) is 38.3 Å². The van der Waals surface area contributed by atoms with Gasteiger partial charge in [0.25, 0.3) is 0 Å². The number of sulfonamides is 1. The molecule has 0 atom stereocenters. The summed E-state index contributed by atoms with van der Waals surface area (Å²) in [7, 11) is -2.23. The fourth-order valence-electron chi connectivity index (χ4n) is 1.94. The van der Waals surface area contributed by atoms with E-state index in [0.29, 0.717) is 0 Å². The molecule has 0 aliphatic carbocycles. The number of hydrogen-bond acceptors (Lipinski definition) is 5. The second-order valence-corrected chi connectivity index (χ2v) is 10.8. The van der Waals surface area contributed by atoms with Crippen LogP contribution in [-0.2, 0) is 20.2 Å². The van der Waals surface area contributed by atoms with Gasteiger partial charge in [-0.2, -0.15) is 0 Å². The van der Waals surface area contributed by atoms with E-state index in [1.807, 2.05) is 20.8 Å². The molecule has 0 radical (unpaired) electrons. The summed E-state index contributed by atoms with van der Waals surface area (Å²) < 4.78 is 34.0. The zero-order chi connectivity index (χ0) is 20.3. The van der Waals surface area contributed by atoms with Crippen molar-refractivity contribution in [3.8, 4) is 5.75 Å². The number of nitrogens with one attached hydrogen (secondary N) is 2. The standard InChI is InChI=1S/C15H21Cl3N2O5S/c1-14(2,3)9-6-10(19-13(21)25-8-15(16,17)18)12(24-4)11(7-9)20-26(5,22)23/h6-7,20H,8H2,1-5H3,(H,19,21). The normalized spacial score (nSPS) is 12.5. The van der Waals surface area contributed by atoms with Crippen molar-refractivity contribution in [3.63, 3.8) is 0 Å². The maximum atomic E-state index is 12.0. The minimum Gasteiger partial charge on any atom is -0.492 e. The third-order valence-corrected chi connectivity index (χ3v) is 3.98. The lowest BCUT2D eigenvalue weighted by atomic mass is 9.86. The molecule has 0 aliphatic rings. The van der Waals surface area contributed by atoms with Crippen LogP contribution in [0.2, 0.25) is 0 Å². The second kappa shape index (κ2) is 8.29. The third kappa shape index (κ3) is 7.65. The third-order valence-electron chi connectivity index (χ3n) is 3.06. The summed E-state index contributed by atoms with van der Waals surface area (Å²) >= 11 is 16.6. The van der Waals surface area contributed by atoms with Gasteiger partial charge in [0.1, 0.15) is 6.61 Å². The first-order chi connectivity index (χ1) is 11.6. The van der Waals surface area contributed by atoms with Crippen molar-refractivity contribution in [2.24, 2.45) is 0 Å². The second-order valence-electron chi connectivity index (χ2n) is 6.55. The van der Waals surface area contributed by atoms with Crippen LogP contribution >= 0.6 is 34.8 Å². The van der Waals surface area contributed by atoms with Gasteiger partial charge >= 0.3 is 6.09 Å². The lowest BCUT2D eigenvalue weighted by Crippen LogP contribution is -2.22. The molecular weight excluding hydrogens is 427 g/mol. The Hall–Kier alpha value is -1.09. The average molecular weight is 448 g/mol. The van der Waals surface area contributed by atoms with E-state index >= 15 is 0 Å². The molecular formula is C15H21Cl3N2O5S. The van der Waals surface area contributed by atoms with Crippen LogP contribution in [0.3, 0.4) is 0 Å². The van der Waals surface area contributed by atoms with E-state index < -0.39 is 26.5 Å². The number of alkyl halides is 3. The quantitative estimate of drug-likeness (QED) is 0.657. The highest BCUT2D eigenvalue weighted by atomic mass is 35.6. The highest BCUT2D eigenvalue weighted by Gasteiger charge is 2.25. The summed E-state index contributed by atoms with van der Waals surface area (Å²) in [5.74, 6) is 0.120. The predicted molar refractivity (Wildman–Crippen MR) is 105 cm³/mol. The van der Waals surface area contributed by atoms with Crippen LogP contribution in [0, 0.1) is 0 Å². The highest BCUT2D eigenvalue weighted by molar-refractivity contribution is 7.92. The van der Waals surface area contributed by atoms with E-state index in [9.17, 15) is 13.2 Å². The van der Waals surface area contributed by atoms with E-state index in [1.165, 1.54) is 7.11 Å². The Morgan fingerprint density at radius 1 is 1.15 bits per heavy atom. The van der Waals surface area contributed by atoms with Crippen LogP contribution in [0.25, 0.3) is 0 Å².